The van der Waals surface area contributed by atoms with Crippen LogP contribution in [-0.2, 0) is 6.54 Å². The van der Waals surface area contributed by atoms with Gasteiger partial charge >= 0.3 is 0 Å². The molecule has 0 unspecified atom stereocenters. The zero-order valence-electron chi connectivity index (χ0n) is 15.8. The molecule has 0 heterocycles. The zero-order valence-corrected chi connectivity index (χ0v) is 15.8. The van der Waals surface area contributed by atoms with E-state index in [1.165, 1.54) is 11.0 Å². The van der Waals surface area contributed by atoms with Gasteiger partial charge in [0.15, 0.2) is 11.6 Å². The molecule has 140 valence electrons. The minimum atomic E-state index is -0.961. The van der Waals surface area contributed by atoms with Gasteiger partial charge in [0.25, 0.3) is 5.91 Å². The lowest BCUT2D eigenvalue weighted by Gasteiger charge is -2.25. The number of benzene rings is 2. The van der Waals surface area contributed by atoms with E-state index in [-0.39, 0.29) is 5.91 Å². The maximum absolute atomic E-state index is 13.5. The monoisotopic (exact) mass is 360 g/mol. The minimum absolute atomic E-state index is 0.235. The quantitative estimate of drug-likeness (QED) is 0.704. The molecule has 2 rings (SSSR count). The summed E-state index contributed by atoms with van der Waals surface area (Å²) in [5.41, 5.74) is 2.00. The number of hydrogen-bond donors (Lipinski definition) is 0. The number of hydrogen-bond acceptors (Lipinski definition) is 2. The summed E-state index contributed by atoms with van der Waals surface area (Å²) in [6.07, 6.45) is 0. The highest BCUT2D eigenvalue weighted by molar-refractivity contribution is 6.06. The van der Waals surface area contributed by atoms with E-state index < -0.39 is 11.6 Å². The van der Waals surface area contributed by atoms with Crippen molar-refractivity contribution in [2.45, 2.75) is 40.3 Å². The normalized spacial score (nSPS) is 11.2. The number of anilines is 1. The van der Waals surface area contributed by atoms with Crippen LogP contribution in [0.1, 0.15) is 43.6 Å². The predicted octanol–water partition coefficient (Wildman–Crippen LogP) is 4.86. The zero-order chi connectivity index (χ0) is 19.3. The lowest BCUT2D eigenvalue weighted by Crippen LogP contribution is -2.31. The largest absolute Gasteiger partial charge is 0.309 e. The van der Waals surface area contributed by atoms with Crippen molar-refractivity contribution >= 4 is 11.6 Å². The van der Waals surface area contributed by atoms with Gasteiger partial charge in [-0.1, -0.05) is 19.1 Å². The molecule has 0 saturated carbocycles. The third-order valence-corrected chi connectivity index (χ3v) is 4.50. The standard InChI is InChI=1S/C21H26F2N2O/c1-5-24(15(3)4)14-16-7-9-17(10-8-16)21(26)25(6-2)18-11-12-19(22)20(23)13-18/h7-13,15H,5-6,14H2,1-4H3. The Morgan fingerprint density at radius 1 is 0.962 bits per heavy atom. The molecule has 0 radical (unpaired) electrons. The Hall–Kier alpha value is -2.27. The molecular weight excluding hydrogens is 334 g/mol. The van der Waals surface area contributed by atoms with Gasteiger partial charge in [0.1, 0.15) is 0 Å². The molecule has 26 heavy (non-hydrogen) atoms. The van der Waals surface area contributed by atoms with Crippen molar-refractivity contribution < 1.29 is 13.6 Å². The Morgan fingerprint density at radius 2 is 1.62 bits per heavy atom. The van der Waals surface area contributed by atoms with Gasteiger partial charge in [0.05, 0.1) is 0 Å². The Labute approximate surface area is 154 Å². The molecule has 0 bridgehead atoms. The van der Waals surface area contributed by atoms with Gasteiger partial charge in [-0.3, -0.25) is 9.69 Å². The first-order chi connectivity index (χ1) is 12.4. The number of rotatable bonds is 7. The van der Waals surface area contributed by atoms with E-state index in [4.69, 9.17) is 0 Å². The highest BCUT2D eigenvalue weighted by Gasteiger charge is 2.18. The summed E-state index contributed by atoms with van der Waals surface area (Å²) >= 11 is 0. The van der Waals surface area contributed by atoms with Crippen LogP contribution in [0, 0.1) is 11.6 Å². The fraction of sp³-hybridized carbons (Fsp3) is 0.381. The molecular formula is C21H26F2N2O. The molecule has 2 aromatic carbocycles. The maximum Gasteiger partial charge on any atom is 0.258 e. The van der Waals surface area contributed by atoms with Gasteiger partial charge in [0.2, 0.25) is 0 Å². The molecule has 0 fully saturated rings. The van der Waals surface area contributed by atoms with Crippen molar-refractivity contribution in [1.29, 1.82) is 0 Å². The maximum atomic E-state index is 13.5. The third kappa shape index (κ3) is 4.67. The summed E-state index contributed by atoms with van der Waals surface area (Å²) in [6.45, 7) is 10.4. The fourth-order valence-electron chi connectivity index (χ4n) is 2.90. The van der Waals surface area contributed by atoms with Crippen molar-refractivity contribution in [3.05, 3.63) is 65.2 Å². The number of halogens is 2. The highest BCUT2D eigenvalue weighted by atomic mass is 19.2. The Balaban J connectivity index is 2.18. The molecule has 0 atom stereocenters. The summed E-state index contributed by atoms with van der Waals surface area (Å²) in [7, 11) is 0. The molecule has 0 aromatic heterocycles. The van der Waals surface area contributed by atoms with E-state index in [9.17, 15) is 13.6 Å². The molecule has 0 aliphatic heterocycles. The van der Waals surface area contributed by atoms with Gasteiger partial charge < -0.3 is 4.90 Å². The summed E-state index contributed by atoms with van der Waals surface area (Å²) in [6, 6.07) is 11.4. The molecule has 1 amide bonds. The first-order valence-corrected chi connectivity index (χ1v) is 8.97. The smallest absolute Gasteiger partial charge is 0.258 e. The summed E-state index contributed by atoms with van der Waals surface area (Å²) in [5.74, 6) is -2.12. The van der Waals surface area contributed by atoms with E-state index in [2.05, 4.69) is 25.7 Å². The lowest BCUT2D eigenvalue weighted by molar-refractivity contribution is 0.0988. The topological polar surface area (TPSA) is 23.6 Å². The van der Waals surface area contributed by atoms with Crippen LogP contribution in [0.4, 0.5) is 14.5 Å². The van der Waals surface area contributed by atoms with Gasteiger partial charge in [0, 0.05) is 36.4 Å². The number of nitrogens with zero attached hydrogens (tertiary/aromatic N) is 2. The van der Waals surface area contributed by atoms with Crippen molar-refractivity contribution in [2.24, 2.45) is 0 Å². The van der Waals surface area contributed by atoms with Crippen molar-refractivity contribution in [1.82, 2.24) is 4.90 Å². The molecule has 0 aliphatic rings. The average Bonchev–Trinajstić information content (AvgIpc) is 2.63. The van der Waals surface area contributed by atoms with Gasteiger partial charge in [-0.2, -0.15) is 0 Å². The van der Waals surface area contributed by atoms with Crippen LogP contribution in [0.3, 0.4) is 0 Å². The van der Waals surface area contributed by atoms with Gasteiger partial charge in [-0.15, -0.1) is 0 Å². The molecule has 0 N–H and O–H groups in total. The molecule has 0 spiro atoms. The summed E-state index contributed by atoms with van der Waals surface area (Å²) < 4.78 is 26.6. The summed E-state index contributed by atoms with van der Waals surface area (Å²) in [5, 5.41) is 0. The SMILES string of the molecule is CCN(C(=O)c1ccc(CN(CC)C(C)C)cc1)c1ccc(F)c(F)c1. The van der Waals surface area contributed by atoms with Crippen LogP contribution < -0.4 is 4.90 Å². The van der Waals surface area contributed by atoms with Crippen LogP contribution in [0.25, 0.3) is 0 Å². The molecule has 0 aliphatic carbocycles. The van der Waals surface area contributed by atoms with Gasteiger partial charge in [-0.25, -0.2) is 8.78 Å². The number of carbonyl (C=O) groups excluding carboxylic acids is 1. The molecule has 3 nitrogen and oxygen atoms in total. The van der Waals surface area contributed by atoms with Crippen LogP contribution >= 0.6 is 0 Å². The second-order valence-electron chi connectivity index (χ2n) is 6.50. The van der Waals surface area contributed by atoms with E-state index >= 15 is 0 Å². The van der Waals surface area contributed by atoms with E-state index in [1.54, 1.807) is 19.1 Å². The first kappa shape index (κ1) is 20.0. The Bertz CT molecular complexity index is 744. The fourth-order valence-corrected chi connectivity index (χ4v) is 2.90. The van der Waals surface area contributed by atoms with Crippen LogP contribution in [0.5, 0.6) is 0 Å². The van der Waals surface area contributed by atoms with E-state index in [0.29, 0.717) is 23.8 Å². The molecule has 5 heteroatoms. The lowest BCUT2D eigenvalue weighted by atomic mass is 10.1. The minimum Gasteiger partial charge on any atom is -0.309 e. The first-order valence-electron chi connectivity index (χ1n) is 8.97. The molecule has 2 aromatic rings. The number of carbonyl (C=O) groups is 1. The van der Waals surface area contributed by atoms with E-state index in [0.717, 1.165) is 30.8 Å². The molecule has 0 saturated heterocycles. The van der Waals surface area contributed by atoms with Crippen molar-refractivity contribution in [2.75, 3.05) is 18.0 Å². The van der Waals surface area contributed by atoms with Crippen molar-refractivity contribution in [3.8, 4) is 0 Å². The Morgan fingerprint density at radius 3 is 2.12 bits per heavy atom. The van der Waals surface area contributed by atoms with Crippen LogP contribution in [0.2, 0.25) is 0 Å². The predicted molar refractivity (Wildman–Crippen MR) is 101 cm³/mol. The average molecular weight is 360 g/mol. The van der Waals surface area contributed by atoms with Gasteiger partial charge in [-0.05, 0) is 57.1 Å². The van der Waals surface area contributed by atoms with E-state index in [1.807, 2.05) is 12.1 Å². The summed E-state index contributed by atoms with van der Waals surface area (Å²) in [4.78, 5) is 16.5. The highest BCUT2D eigenvalue weighted by Crippen LogP contribution is 2.20. The van der Waals surface area contributed by atoms with Crippen LogP contribution in [0.15, 0.2) is 42.5 Å². The van der Waals surface area contributed by atoms with Crippen molar-refractivity contribution in [3.63, 3.8) is 0 Å². The van der Waals surface area contributed by atoms with Crippen LogP contribution in [-0.4, -0.2) is 29.9 Å². The second-order valence-corrected chi connectivity index (χ2v) is 6.50. The third-order valence-electron chi connectivity index (χ3n) is 4.50. The second kappa shape index (κ2) is 8.90. The Kier molecular flexibility index (Phi) is 6.86. The number of amides is 1.